The first-order valence-electron chi connectivity index (χ1n) is 0.855. The quantitative estimate of drug-likeness (QED) is 0.409. The molecule has 0 aromatic carbocycles. The Morgan fingerprint density at radius 2 is 1.33 bits per heavy atom. The van der Waals surface area contributed by atoms with Gasteiger partial charge in [0.05, 0.1) is 0 Å². The normalized spacial score (nSPS) is 2.33. The van der Waals surface area contributed by atoms with Gasteiger partial charge in [-0.05, 0) is 0 Å². The van der Waals surface area contributed by atoms with E-state index >= 15 is 0 Å². The van der Waals surface area contributed by atoms with E-state index < -0.39 is 0 Å². The summed E-state index contributed by atoms with van der Waals surface area (Å²) in [6, 6.07) is 0. The van der Waals surface area contributed by atoms with Gasteiger partial charge in [0, 0.05) is 7.11 Å². The van der Waals surface area contributed by atoms with Crippen LogP contribution in [0.1, 0.15) is 0 Å². The highest BCUT2D eigenvalue weighted by atomic mass is 16.2. The van der Waals surface area contributed by atoms with Crippen molar-refractivity contribution < 1.29 is 14.7 Å². The smallest absolute Gasteiger partial charge is 0.373 e. The molecule has 6 heavy (non-hydrogen) atoms. The molecule has 0 fully saturated rings. The van der Waals surface area contributed by atoms with E-state index in [4.69, 9.17) is 14.7 Å². The first-order chi connectivity index (χ1) is 2.41. The molecule has 0 rings (SSSR count). The Bertz CT molecular complexity index is 29.8. The Morgan fingerprint density at radius 3 is 1.33 bits per heavy atom. The minimum atomic E-state index is 0. The van der Waals surface area contributed by atoms with Gasteiger partial charge in [0.15, 0.2) is 0 Å². The summed E-state index contributed by atoms with van der Waals surface area (Å²) in [6.45, 7) is 0. The predicted octanol–water partition coefficient (Wildman–Crippen LogP) is -0.813. The summed E-state index contributed by atoms with van der Waals surface area (Å²) in [7, 11) is 1.00. The van der Waals surface area contributed by atoms with Crippen LogP contribution in [0.4, 0.5) is 0 Å². The number of aliphatic hydroxyl groups is 1. The van der Waals surface area contributed by atoms with E-state index in [1.807, 2.05) is 0 Å². The molecule has 0 atom stereocenters. The first-order valence-corrected chi connectivity index (χ1v) is 0.855. The molecule has 0 aliphatic heterocycles. The lowest BCUT2D eigenvalue weighted by molar-refractivity contribution is -0.191. The van der Waals surface area contributed by atoms with Crippen LogP contribution in [0.25, 0.3) is 0 Å². The summed E-state index contributed by atoms with van der Waals surface area (Å²) in [6.07, 6.45) is 0.250. The molecule has 0 aliphatic rings. The Labute approximate surface area is 35.4 Å². The molecule has 0 aromatic rings. The second-order valence-electron chi connectivity index (χ2n) is 0.0833. The average molecular weight is 93.1 g/mol. The van der Waals surface area contributed by atoms with Crippen molar-refractivity contribution in [3.63, 3.8) is 0 Å². The van der Waals surface area contributed by atoms with Crippen LogP contribution in [0.3, 0.4) is 0 Å². The molecule has 0 saturated carbocycles. The van der Waals surface area contributed by atoms with Crippen molar-refractivity contribution >= 4 is 6.15 Å². The maximum atomic E-state index is 8.12. The Morgan fingerprint density at radius 1 is 1.33 bits per heavy atom. The van der Waals surface area contributed by atoms with Crippen molar-refractivity contribution in [2.45, 2.75) is 0 Å². The van der Waals surface area contributed by atoms with Crippen molar-refractivity contribution in [1.29, 1.82) is 0 Å². The molecular weight excluding hydrogens is 86.0 g/mol. The number of rotatable bonds is 0. The molecule has 0 radical (unpaired) electrons. The van der Waals surface area contributed by atoms with Crippen molar-refractivity contribution in [3.8, 4) is 0 Å². The maximum absolute atomic E-state index is 8.12. The van der Waals surface area contributed by atoms with E-state index in [0.29, 0.717) is 0 Å². The van der Waals surface area contributed by atoms with Gasteiger partial charge in [-0.2, -0.15) is 9.59 Å². The SMILES string of the molecule is CO.N.O=C=O. The van der Waals surface area contributed by atoms with Gasteiger partial charge in [0.1, 0.15) is 0 Å². The van der Waals surface area contributed by atoms with Gasteiger partial charge in [-0.3, -0.25) is 0 Å². The molecule has 0 bridgehead atoms. The standard InChI is InChI=1S/CO2.CH4O.H3N/c2-1-3;1-2;/h;2H,1H3;1H3. The number of hydrogen-bond donors (Lipinski definition) is 2. The lowest BCUT2D eigenvalue weighted by Gasteiger charge is -1.21. The molecule has 0 aromatic heterocycles. The zero-order chi connectivity index (χ0) is 4.71. The molecule has 0 saturated heterocycles. The van der Waals surface area contributed by atoms with Gasteiger partial charge < -0.3 is 11.3 Å². The van der Waals surface area contributed by atoms with E-state index in [9.17, 15) is 0 Å². The Hall–Kier alpha value is -0.700. The largest absolute Gasteiger partial charge is 0.400 e. The molecule has 0 heterocycles. The van der Waals surface area contributed by atoms with Crippen LogP contribution in [-0.4, -0.2) is 18.4 Å². The number of aliphatic hydroxyl groups excluding tert-OH is 1. The molecule has 4 N–H and O–H groups in total. The zero-order valence-corrected chi connectivity index (χ0v) is 3.47. The molecule has 4 heteroatoms. The monoisotopic (exact) mass is 93.0 g/mol. The summed E-state index contributed by atoms with van der Waals surface area (Å²) >= 11 is 0. The highest BCUT2D eigenvalue weighted by Crippen LogP contribution is 0.787. The van der Waals surface area contributed by atoms with Crippen LogP contribution >= 0.6 is 0 Å². The summed E-state index contributed by atoms with van der Waals surface area (Å²) in [4.78, 5) is 16.2. The third kappa shape index (κ3) is 35.6. The topological polar surface area (TPSA) is 89.4 Å². The van der Waals surface area contributed by atoms with Crippen LogP contribution in [0.2, 0.25) is 0 Å². The Balaban J connectivity index is -0.0000000275. The molecule has 0 amide bonds. The molecule has 0 spiro atoms. The zero-order valence-electron chi connectivity index (χ0n) is 3.47. The summed E-state index contributed by atoms with van der Waals surface area (Å²) in [5, 5.41) is 7.00. The fourth-order valence-corrected chi connectivity index (χ4v) is 0. The minimum Gasteiger partial charge on any atom is -0.400 e. The van der Waals surface area contributed by atoms with E-state index in [0.717, 1.165) is 7.11 Å². The molecule has 0 aliphatic carbocycles. The summed E-state index contributed by atoms with van der Waals surface area (Å²) in [5.41, 5.74) is 0. The summed E-state index contributed by atoms with van der Waals surface area (Å²) in [5.74, 6) is 0. The van der Waals surface area contributed by atoms with Crippen molar-refractivity contribution in [2.24, 2.45) is 0 Å². The van der Waals surface area contributed by atoms with Gasteiger partial charge in [-0.25, -0.2) is 0 Å². The van der Waals surface area contributed by atoms with Crippen molar-refractivity contribution in [1.82, 2.24) is 6.15 Å². The van der Waals surface area contributed by atoms with Gasteiger partial charge in [0.2, 0.25) is 0 Å². The molecule has 4 nitrogen and oxygen atoms in total. The Kier molecular flexibility index (Phi) is 1610. The lowest BCUT2D eigenvalue weighted by Crippen LogP contribution is -1.25. The summed E-state index contributed by atoms with van der Waals surface area (Å²) < 4.78 is 0. The fourth-order valence-electron chi connectivity index (χ4n) is 0. The first kappa shape index (κ1) is 18.5. The van der Waals surface area contributed by atoms with Crippen molar-refractivity contribution in [2.75, 3.05) is 7.11 Å². The van der Waals surface area contributed by atoms with Crippen LogP contribution in [0.15, 0.2) is 0 Å². The molecule has 0 unspecified atom stereocenters. The van der Waals surface area contributed by atoms with E-state index in [-0.39, 0.29) is 12.3 Å². The minimum absolute atomic E-state index is 0. The van der Waals surface area contributed by atoms with E-state index in [1.165, 1.54) is 0 Å². The number of hydrogen-bond acceptors (Lipinski definition) is 4. The lowest BCUT2D eigenvalue weighted by atomic mass is 11.8. The number of carbonyl (C=O) groups excluding carboxylic acids is 2. The maximum Gasteiger partial charge on any atom is 0.373 e. The third-order valence-corrected chi connectivity index (χ3v) is 0. The predicted molar refractivity (Wildman–Crippen MR) is 18.2 cm³/mol. The highest BCUT2D eigenvalue weighted by Gasteiger charge is 1.13. The van der Waals surface area contributed by atoms with Crippen LogP contribution in [0, 0.1) is 0 Å². The second-order valence-corrected chi connectivity index (χ2v) is 0.0833. The second kappa shape index (κ2) is 520. The van der Waals surface area contributed by atoms with Crippen molar-refractivity contribution in [3.05, 3.63) is 0 Å². The molecular formula is C2H7NO3. The highest BCUT2D eigenvalue weighted by molar-refractivity contribution is 5.20. The average Bonchev–Trinajstić information content (AvgIpc) is 1.46. The van der Waals surface area contributed by atoms with Crippen LogP contribution < -0.4 is 6.15 Å². The third-order valence-electron chi connectivity index (χ3n) is 0. The van der Waals surface area contributed by atoms with Gasteiger partial charge in [0.25, 0.3) is 0 Å². The van der Waals surface area contributed by atoms with E-state index in [1.54, 1.807) is 0 Å². The fraction of sp³-hybridized carbons (Fsp3) is 0.500. The van der Waals surface area contributed by atoms with E-state index in [2.05, 4.69) is 0 Å². The van der Waals surface area contributed by atoms with Gasteiger partial charge >= 0.3 is 6.15 Å². The van der Waals surface area contributed by atoms with Crippen LogP contribution in [0.5, 0.6) is 0 Å². The van der Waals surface area contributed by atoms with Gasteiger partial charge in [-0.15, -0.1) is 0 Å². The van der Waals surface area contributed by atoms with Gasteiger partial charge in [-0.1, -0.05) is 0 Å². The molecule has 38 valence electrons. The van der Waals surface area contributed by atoms with Crippen LogP contribution in [-0.2, 0) is 9.59 Å².